The molecule has 108 valence electrons. The molecule has 0 saturated carbocycles. The Morgan fingerprint density at radius 2 is 1.48 bits per heavy atom. The summed E-state index contributed by atoms with van der Waals surface area (Å²) in [7, 11) is 0. The van der Waals surface area contributed by atoms with Gasteiger partial charge in [0.15, 0.2) is 0 Å². The lowest BCUT2D eigenvalue weighted by Crippen LogP contribution is -1.85. The molecule has 0 aliphatic heterocycles. The Bertz CT molecular complexity index is 730. The second-order valence-electron chi connectivity index (χ2n) is 5.55. The van der Waals surface area contributed by atoms with Crippen molar-refractivity contribution in [3.63, 3.8) is 0 Å². The van der Waals surface area contributed by atoms with Gasteiger partial charge >= 0.3 is 0 Å². The molecule has 0 N–H and O–H groups in total. The fraction of sp³-hybridized carbons (Fsp3) is 0.300. The maximum absolute atomic E-state index is 2.36. The van der Waals surface area contributed by atoms with E-state index >= 15 is 0 Å². The molecule has 0 radical (unpaired) electrons. The van der Waals surface area contributed by atoms with Crippen molar-refractivity contribution in [2.75, 3.05) is 5.75 Å². The number of thioether (sulfide) groups is 1. The summed E-state index contributed by atoms with van der Waals surface area (Å²) in [5, 5.41) is 5.50. The molecule has 0 aromatic heterocycles. The maximum atomic E-state index is 2.36. The summed E-state index contributed by atoms with van der Waals surface area (Å²) in [6.45, 7) is 2.27. The molecule has 0 bridgehead atoms. The highest BCUT2D eigenvalue weighted by Crippen LogP contribution is 2.34. The van der Waals surface area contributed by atoms with Crippen molar-refractivity contribution >= 4 is 33.3 Å². The normalized spacial score (nSPS) is 11.3. The highest BCUT2D eigenvalue weighted by molar-refractivity contribution is 7.99. The first kappa shape index (κ1) is 14.5. The third kappa shape index (κ3) is 3.24. The molecule has 0 saturated heterocycles. The van der Waals surface area contributed by atoms with Crippen LogP contribution >= 0.6 is 11.8 Å². The SMILES string of the molecule is CCCCCCSc1cc2ccccc2c2ccccc12. The van der Waals surface area contributed by atoms with Gasteiger partial charge in [-0.05, 0) is 39.8 Å². The fourth-order valence-electron chi connectivity index (χ4n) is 2.85. The summed E-state index contributed by atoms with van der Waals surface area (Å²) in [5.74, 6) is 1.22. The van der Waals surface area contributed by atoms with Crippen molar-refractivity contribution in [2.24, 2.45) is 0 Å². The molecule has 3 aromatic rings. The van der Waals surface area contributed by atoms with Crippen molar-refractivity contribution in [3.8, 4) is 0 Å². The summed E-state index contributed by atoms with van der Waals surface area (Å²) in [4.78, 5) is 1.43. The van der Waals surface area contributed by atoms with Crippen LogP contribution in [0.4, 0.5) is 0 Å². The Morgan fingerprint density at radius 3 is 2.29 bits per heavy atom. The van der Waals surface area contributed by atoms with Crippen LogP contribution in [0.5, 0.6) is 0 Å². The van der Waals surface area contributed by atoms with E-state index in [4.69, 9.17) is 0 Å². The van der Waals surface area contributed by atoms with Crippen molar-refractivity contribution in [1.82, 2.24) is 0 Å². The largest absolute Gasteiger partial charge is 0.125 e. The van der Waals surface area contributed by atoms with Gasteiger partial charge in [-0.15, -0.1) is 11.8 Å². The highest BCUT2D eigenvalue weighted by atomic mass is 32.2. The Morgan fingerprint density at radius 1 is 0.762 bits per heavy atom. The van der Waals surface area contributed by atoms with Crippen molar-refractivity contribution in [3.05, 3.63) is 54.6 Å². The zero-order valence-electron chi connectivity index (χ0n) is 12.6. The Hall–Kier alpha value is -1.47. The topological polar surface area (TPSA) is 0 Å². The van der Waals surface area contributed by atoms with Crippen LogP contribution in [-0.2, 0) is 0 Å². The average Bonchev–Trinajstić information content (AvgIpc) is 2.54. The molecule has 0 aliphatic carbocycles. The van der Waals surface area contributed by atoms with Gasteiger partial charge in [-0.25, -0.2) is 0 Å². The Kier molecular flexibility index (Phi) is 4.82. The van der Waals surface area contributed by atoms with Crippen LogP contribution in [0.1, 0.15) is 32.6 Å². The molecule has 0 nitrogen and oxygen atoms in total. The Balaban J connectivity index is 1.92. The molecule has 3 aromatic carbocycles. The molecule has 0 heterocycles. The van der Waals surface area contributed by atoms with Gasteiger partial charge in [0.2, 0.25) is 0 Å². The van der Waals surface area contributed by atoms with Gasteiger partial charge < -0.3 is 0 Å². The van der Waals surface area contributed by atoms with E-state index in [1.54, 1.807) is 0 Å². The number of fused-ring (bicyclic) bond motifs is 3. The van der Waals surface area contributed by atoms with Crippen molar-refractivity contribution in [1.29, 1.82) is 0 Å². The van der Waals surface area contributed by atoms with E-state index < -0.39 is 0 Å². The number of hydrogen-bond acceptors (Lipinski definition) is 1. The second-order valence-corrected chi connectivity index (χ2v) is 6.69. The summed E-state index contributed by atoms with van der Waals surface area (Å²) in [6, 6.07) is 19.9. The van der Waals surface area contributed by atoms with E-state index in [2.05, 4.69) is 61.5 Å². The lowest BCUT2D eigenvalue weighted by atomic mass is 10.0. The molecular weight excluding hydrogens is 272 g/mol. The fourth-order valence-corrected chi connectivity index (χ4v) is 3.96. The van der Waals surface area contributed by atoms with Crippen LogP contribution in [0.15, 0.2) is 59.5 Å². The molecule has 0 aliphatic rings. The molecule has 21 heavy (non-hydrogen) atoms. The van der Waals surface area contributed by atoms with E-state index in [1.165, 1.54) is 57.9 Å². The lowest BCUT2D eigenvalue weighted by Gasteiger charge is -2.10. The first-order valence-electron chi connectivity index (χ1n) is 7.93. The van der Waals surface area contributed by atoms with Crippen LogP contribution < -0.4 is 0 Å². The molecule has 3 rings (SSSR count). The minimum absolute atomic E-state index is 1.22. The quantitative estimate of drug-likeness (QED) is 0.278. The van der Waals surface area contributed by atoms with Gasteiger partial charge in [-0.1, -0.05) is 74.7 Å². The predicted molar refractivity (Wildman–Crippen MR) is 96.3 cm³/mol. The first-order valence-corrected chi connectivity index (χ1v) is 8.92. The second kappa shape index (κ2) is 7.00. The predicted octanol–water partition coefficient (Wildman–Crippen LogP) is 6.67. The van der Waals surface area contributed by atoms with Gasteiger partial charge in [-0.2, -0.15) is 0 Å². The van der Waals surface area contributed by atoms with Gasteiger partial charge in [0, 0.05) is 4.90 Å². The number of unbranched alkanes of at least 4 members (excludes halogenated alkanes) is 3. The van der Waals surface area contributed by atoms with Gasteiger partial charge in [-0.3, -0.25) is 0 Å². The highest BCUT2D eigenvalue weighted by Gasteiger charge is 2.06. The van der Waals surface area contributed by atoms with Crippen molar-refractivity contribution < 1.29 is 0 Å². The maximum Gasteiger partial charge on any atom is 0.0157 e. The van der Waals surface area contributed by atoms with Crippen LogP contribution in [0.3, 0.4) is 0 Å². The van der Waals surface area contributed by atoms with E-state index in [0.717, 1.165) is 0 Å². The molecule has 1 heteroatoms. The van der Waals surface area contributed by atoms with Gasteiger partial charge in [0.05, 0.1) is 0 Å². The van der Waals surface area contributed by atoms with E-state index in [9.17, 15) is 0 Å². The van der Waals surface area contributed by atoms with E-state index in [-0.39, 0.29) is 0 Å². The van der Waals surface area contributed by atoms with E-state index in [0.29, 0.717) is 0 Å². The number of rotatable bonds is 6. The average molecular weight is 294 g/mol. The van der Waals surface area contributed by atoms with E-state index in [1.807, 2.05) is 11.8 Å². The smallest absolute Gasteiger partial charge is 0.0157 e. The minimum atomic E-state index is 1.22. The minimum Gasteiger partial charge on any atom is -0.125 e. The summed E-state index contributed by atoms with van der Waals surface area (Å²) >= 11 is 2.02. The monoisotopic (exact) mass is 294 g/mol. The summed E-state index contributed by atoms with van der Waals surface area (Å²) in [5.41, 5.74) is 0. The standard InChI is InChI=1S/C20H22S/c1-2-3-4-9-14-21-20-15-16-10-5-6-11-17(16)18-12-7-8-13-19(18)20/h5-8,10-13,15H,2-4,9,14H2,1H3. The zero-order chi connectivity index (χ0) is 14.5. The molecule has 0 atom stereocenters. The van der Waals surface area contributed by atoms with Crippen LogP contribution in [0.2, 0.25) is 0 Å². The number of benzene rings is 3. The molecular formula is C20H22S. The molecule has 0 fully saturated rings. The Labute approximate surface area is 131 Å². The van der Waals surface area contributed by atoms with Crippen molar-refractivity contribution in [2.45, 2.75) is 37.5 Å². The van der Waals surface area contributed by atoms with Crippen LogP contribution in [0.25, 0.3) is 21.5 Å². The van der Waals surface area contributed by atoms with Crippen LogP contribution in [0, 0.1) is 0 Å². The lowest BCUT2D eigenvalue weighted by molar-refractivity contribution is 0.706. The molecule has 0 amide bonds. The third-order valence-electron chi connectivity index (χ3n) is 3.99. The molecule has 0 spiro atoms. The van der Waals surface area contributed by atoms with Gasteiger partial charge in [0.25, 0.3) is 0 Å². The summed E-state index contributed by atoms with van der Waals surface area (Å²) < 4.78 is 0. The zero-order valence-corrected chi connectivity index (χ0v) is 13.5. The van der Waals surface area contributed by atoms with Crippen LogP contribution in [-0.4, -0.2) is 5.75 Å². The first-order chi connectivity index (χ1) is 10.4. The summed E-state index contributed by atoms with van der Waals surface area (Å²) in [6.07, 6.45) is 5.34. The molecule has 0 unspecified atom stereocenters. The van der Waals surface area contributed by atoms with Gasteiger partial charge in [0.1, 0.15) is 0 Å². The third-order valence-corrected chi connectivity index (χ3v) is 5.13. The number of hydrogen-bond donors (Lipinski definition) is 0.